The summed E-state index contributed by atoms with van der Waals surface area (Å²) in [5.74, 6) is 1.81. The van der Waals surface area contributed by atoms with Gasteiger partial charge in [-0.05, 0) is 47.5 Å². The van der Waals surface area contributed by atoms with E-state index in [0.717, 1.165) is 17.0 Å². The minimum absolute atomic E-state index is 0.248. The van der Waals surface area contributed by atoms with Crippen LogP contribution in [-0.2, 0) is 13.1 Å². The molecule has 2 N–H and O–H groups in total. The van der Waals surface area contributed by atoms with Crippen LogP contribution in [0.15, 0.2) is 27.1 Å². The summed E-state index contributed by atoms with van der Waals surface area (Å²) in [6.45, 7) is 5.12. The van der Waals surface area contributed by atoms with E-state index in [1.54, 1.807) is 6.07 Å². The monoisotopic (exact) mass is 310 g/mol. The number of aromatic hydroxyl groups is 1. The molecule has 0 unspecified atom stereocenters. The summed E-state index contributed by atoms with van der Waals surface area (Å²) in [6, 6.07) is 5.42. The van der Waals surface area contributed by atoms with Crippen molar-refractivity contribution in [3.63, 3.8) is 0 Å². The second-order valence-corrected chi connectivity index (χ2v) is 4.99. The number of rotatable bonds is 4. The average Bonchev–Trinajstić information content (AvgIpc) is 2.63. The van der Waals surface area contributed by atoms with E-state index in [9.17, 15) is 5.11 Å². The van der Waals surface area contributed by atoms with Gasteiger partial charge in [0.1, 0.15) is 11.5 Å². The minimum Gasteiger partial charge on any atom is -0.507 e. The third kappa shape index (κ3) is 3.11. The number of nitrogens with zero attached hydrogens (tertiary/aromatic N) is 1. The van der Waals surface area contributed by atoms with Crippen LogP contribution >= 0.6 is 15.9 Å². The molecule has 1 aromatic heterocycles. The van der Waals surface area contributed by atoms with Crippen LogP contribution < -0.4 is 5.32 Å². The molecule has 1 heterocycles. The highest BCUT2D eigenvalue weighted by Gasteiger charge is 2.05. The van der Waals surface area contributed by atoms with Crippen LogP contribution in [0.3, 0.4) is 0 Å². The molecule has 4 nitrogen and oxygen atoms in total. The first-order chi connectivity index (χ1) is 8.56. The summed E-state index contributed by atoms with van der Waals surface area (Å²) in [4.78, 5) is 4.29. The second-order valence-electron chi connectivity index (χ2n) is 4.14. The largest absolute Gasteiger partial charge is 0.507 e. The van der Waals surface area contributed by atoms with E-state index in [1.165, 1.54) is 0 Å². The standard InChI is InChI=1S/C13H15BrN2O2/c1-8-9(2)18-13(16-8)7-15-6-10-3-4-12(17)11(14)5-10/h3-5,15,17H,6-7H2,1-2H3. The molecule has 1 aromatic carbocycles. The smallest absolute Gasteiger partial charge is 0.208 e. The van der Waals surface area contributed by atoms with Gasteiger partial charge < -0.3 is 14.8 Å². The molecule has 0 saturated carbocycles. The highest BCUT2D eigenvalue weighted by molar-refractivity contribution is 9.10. The van der Waals surface area contributed by atoms with Gasteiger partial charge in [0.25, 0.3) is 0 Å². The van der Waals surface area contributed by atoms with Crippen molar-refractivity contribution in [3.8, 4) is 5.75 Å². The van der Waals surface area contributed by atoms with Gasteiger partial charge in [0.05, 0.1) is 16.7 Å². The number of halogens is 1. The molecule has 96 valence electrons. The average molecular weight is 311 g/mol. The Morgan fingerprint density at radius 3 is 2.72 bits per heavy atom. The first-order valence-electron chi connectivity index (χ1n) is 5.67. The number of benzene rings is 1. The number of oxazole rings is 1. The van der Waals surface area contributed by atoms with Crippen LogP contribution in [0.5, 0.6) is 5.75 Å². The lowest BCUT2D eigenvalue weighted by Crippen LogP contribution is -2.12. The van der Waals surface area contributed by atoms with Gasteiger partial charge in [-0.1, -0.05) is 6.07 Å². The van der Waals surface area contributed by atoms with E-state index in [1.807, 2.05) is 26.0 Å². The van der Waals surface area contributed by atoms with Gasteiger partial charge in [-0.15, -0.1) is 0 Å². The number of hydrogen-bond acceptors (Lipinski definition) is 4. The van der Waals surface area contributed by atoms with E-state index in [4.69, 9.17) is 4.42 Å². The maximum Gasteiger partial charge on any atom is 0.208 e. The molecule has 0 amide bonds. The Kier molecular flexibility index (Phi) is 4.04. The third-order valence-electron chi connectivity index (χ3n) is 2.69. The third-order valence-corrected chi connectivity index (χ3v) is 3.33. The summed E-state index contributed by atoms with van der Waals surface area (Å²) in [6.07, 6.45) is 0. The molecule has 0 aliphatic rings. The molecule has 0 aliphatic carbocycles. The Labute approximate surface area is 114 Å². The Morgan fingerprint density at radius 1 is 1.33 bits per heavy atom. The Hall–Kier alpha value is -1.33. The molecular weight excluding hydrogens is 296 g/mol. The summed E-state index contributed by atoms with van der Waals surface area (Å²) < 4.78 is 6.17. The summed E-state index contributed by atoms with van der Waals surface area (Å²) in [5.41, 5.74) is 2.01. The van der Waals surface area contributed by atoms with E-state index >= 15 is 0 Å². The summed E-state index contributed by atoms with van der Waals surface area (Å²) in [7, 11) is 0. The molecule has 0 saturated heterocycles. The predicted molar refractivity (Wildman–Crippen MR) is 72.3 cm³/mol. The topological polar surface area (TPSA) is 58.3 Å². The minimum atomic E-state index is 0.248. The first kappa shape index (κ1) is 13.1. The van der Waals surface area contributed by atoms with Crippen molar-refractivity contribution in [1.29, 1.82) is 0 Å². The SMILES string of the molecule is Cc1nc(CNCc2ccc(O)c(Br)c2)oc1C. The maximum atomic E-state index is 9.39. The normalized spacial score (nSPS) is 10.8. The van der Waals surface area contributed by atoms with Crippen molar-refractivity contribution in [1.82, 2.24) is 10.3 Å². The highest BCUT2D eigenvalue weighted by atomic mass is 79.9. The molecule has 2 rings (SSSR count). The van der Waals surface area contributed by atoms with E-state index in [-0.39, 0.29) is 5.75 Å². The van der Waals surface area contributed by atoms with Gasteiger partial charge >= 0.3 is 0 Å². The van der Waals surface area contributed by atoms with Gasteiger partial charge in [-0.2, -0.15) is 0 Å². The number of aryl methyl sites for hydroxylation is 2. The zero-order valence-electron chi connectivity index (χ0n) is 10.3. The quantitative estimate of drug-likeness (QED) is 0.911. The number of phenols is 1. The zero-order chi connectivity index (χ0) is 13.1. The van der Waals surface area contributed by atoms with Crippen LogP contribution in [0, 0.1) is 13.8 Å². The molecule has 18 heavy (non-hydrogen) atoms. The number of nitrogens with one attached hydrogen (secondary N) is 1. The first-order valence-corrected chi connectivity index (χ1v) is 6.46. The van der Waals surface area contributed by atoms with Gasteiger partial charge in [-0.3, -0.25) is 0 Å². The van der Waals surface area contributed by atoms with Crippen molar-refractivity contribution >= 4 is 15.9 Å². The summed E-state index contributed by atoms with van der Waals surface area (Å²) >= 11 is 3.29. The molecule has 2 aromatic rings. The lowest BCUT2D eigenvalue weighted by atomic mass is 10.2. The molecule has 0 aliphatic heterocycles. The van der Waals surface area contributed by atoms with Crippen LogP contribution in [0.2, 0.25) is 0 Å². The van der Waals surface area contributed by atoms with Gasteiger partial charge in [-0.25, -0.2) is 4.98 Å². The molecular formula is C13H15BrN2O2. The van der Waals surface area contributed by atoms with Crippen molar-refractivity contribution in [2.45, 2.75) is 26.9 Å². The lowest BCUT2D eigenvalue weighted by molar-refractivity contribution is 0.448. The fourth-order valence-electron chi connectivity index (χ4n) is 1.59. The maximum absolute atomic E-state index is 9.39. The highest BCUT2D eigenvalue weighted by Crippen LogP contribution is 2.24. The van der Waals surface area contributed by atoms with Gasteiger partial charge in [0.2, 0.25) is 5.89 Å². The predicted octanol–water partition coefficient (Wildman–Crippen LogP) is 3.05. The molecule has 0 radical (unpaired) electrons. The number of aromatic nitrogens is 1. The van der Waals surface area contributed by atoms with Gasteiger partial charge in [0.15, 0.2) is 0 Å². The van der Waals surface area contributed by atoms with Gasteiger partial charge in [0, 0.05) is 6.54 Å². The fraction of sp³-hybridized carbons (Fsp3) is 0.308. The molecule has 0 bridgehead atoms. The Bertz CT molecular complexity index is 532. The molecule has 5 heteroatoms. The molecule has 0 atom stereocenters. The van der Waals surface area contributed by atoms with Crippen molar-refractivity contribution < 1.29 is 9.52 Å². The van der Waals surface area contributed by atoms with Crippen LogP contribution in [0.25, 0.3) is 0 Å². The van der Waals surface area contributed by atoms with E-state index in [2.05, 4.69) is 26.2 Å². The fourth-order valence-corrected chi connectivity index (χ4v) is 2.02. The summed E-state index contributed by atoms with van der Waals surface area (Å²) in [5, 5.41) is 12.6. The Balaban J connectivity index is 1.90. The van der Waals surface area contributed by atoms with Crippen LogP contribution in [-0.4, -0.2) is 10.1 Å². The lowest BCUT2D eigenvalue weighted by Gasteiger charge is -2.04. The van der Waals surface area contributed by atoms with Crippen molar-refractivity contribution in [2.75, 3.05) is 0 Å². The molecule has 0 spiro atoms. The number of hydrogen-bond donors (Lipinski definition) is 2. The van der Waals surface area contributed by atoms with E-state index < -0.39 is 0 Å². The second kappa shape index (κ2) is 5.54. The van der Waals surface area contributed by atoms with Crippen LogP contribution in [0.1, 0.15) is 22.9 Å². The number of phenolic OH excluding ortho intramolecular Hbond substituents is 1. The van der Waals surface area contributed by atoms with Crippen LogP contribution in [0.4, 0.5) is 0 Å². The van der Waals surface area contributed by atoms with E-state index in [0.29, 0.717) is 23.5 Å². The van der Waals surface area contributed by atoms with Crippen molar-refractivity contribution in [2.24, 2.45) is 0 Å². The van der Waals surface area contributed by atoms with Crippen molar-refractivity contribution in [3.05, 3.63) is 45.6 Å². The Morgan fingerprint density at radius 2 is 2.11 bits per heavy atom. The zero-order valence-corrected chi connectivity index (χ0v) is 11.9. The molecule has 0 fully saturated rings.